The fraction of sp³-hybridized carbons (Fsp3) is 0.800. The third-order valence-electron chi connectivity index (χ3n) is 6.30. The van der Waals surface area contributed by atoms with Gasteiger partial charge in [0.1, 0.15) is 0 Å². The minimum absolute atomic E-state index is 0.0365. The molecular weight excluding hydrogens is 360 g/mol. The molecule has 3 aliphatic rings. The van der Waals surface area contributed by atoms with E-state index in [0.717, 1.165) is 94.1 Å². The van der Waals surface area contributed by atoms with Crippen molar-refractivity contribution < 1.29 is 5.11 Å². The van der Waals surface area contributed by atoms with Gasteiger partial charge in [-0.3, -0.25) is 14.6 Å². The van der Waals surface area contributed by atoms with E-state index in [4.69, 9.17) is 0 Å². The highest BCUT2D eigenvalue weighted by molar-refractivity contribution is 7.98. The van der Waals surface area contributed by atoms with E-state index < -0.39 is 5.60 Å². The number of thioether (sulfide) groups is 1. The summed E-state index contributed by atoms with van der Waals surface area (Å²) in [4.78, 5) is 17.2. The molecule has 1 aromatic heterocycles. The van der Waals surface area contributed by atoms with Crippen LogP contribution in [0.15, 0.2) is 10.9 Å². The summed E-state index contributed by atoms with van der Waals surface area (Å²) in [6.07, 6.45) is 6.49. The maximum atomic E-state index is 12.3. The molecule has 0 unspecified atom stereocenters. The van der Waals surface area contributed by atoms with Gasteiger partial charge >= 0.3 is 0 Å². The number of aryl methyl sites for hydroxylation is 1. The molecule has 1 aliphatic carbocycles. The molecule has 1 aromatic rings. The number of aliphatic hydroxyl groups is 1. The summed E-state index contributed by atoms with van der Waals surface area (Å²) < 4.78 is 1.66. The van der Waals surface area contributed by atoms with Gasteiger partial charge in [0.05, 0.1) is 17.8 Å². The number of β-amino-alcohol motifs (C(OH)–C–C–N with tert-alkyl or cyclic N) is 1. The predicted octanol–water partition coefficient (Wildman–Crippen LogP) is 1.35. The Balaban J connectivity index is 1.26. The van der Waals surface area contributed by atoms with E-state index in [0.29, 0.717) is 6.54 Å². The van der Waals surface area contributed by atoms with Crippen molar-refractivity contribution >= 4 is 11.8 Å². The first-order valence-corrected chi connectivity index (χ1v) is 11.6. The normalized spacial score (nSPS) is 23.9. The van der Waals surface area contributed by atoms with Gasteiger partial charge in [-0.2, -0.15) is 16.9 Å². The van der Waals surface area contributed by atoms with E-state index >= 15 is 0 Å². The summed E-state index contributed by atoms with van der Waals surface area (Å²) in [5.41, 5.74) is 1.81. The highest BCUT2D eigenvalue weighted by atomic mass is 32.2. The monoisotopic (exact) mass is 392 g/mol. The molecule has 2 fully saturated rings. The van der Waals surface area contributed by atoms with Crippen molar-refractivity contribution in [3.05, 3.63) is 27.7 Å². The van der Waals surface area contributed by atoms with Gasteiger partial charge in [-0.05, 0) is 24.2 Å². The van der Waals surface area contributed by atoms with Gasteiger partial charge in [0.15, 0.2) is 0 Å². The van der Waals surface area contributed by atoms with Gasteiger partial charge in [-0.1, -0.05) is 19.3 Å². The Kier molecular flexibility index (Phi) is 6.21. The van der Waals surface area contributed by atoms with Crippen molar-refractivity contribution in [3.8, 4) is 0 Å². The topological polar surface area (TPSA) is 61.6 Å². The van der Waals surface area contributed by atoms with Crippen molar-refractivity contribution in [1.29, 1.82) is 0 Å². The number of aromatic nitrogens is 2. The number of nitrogens with zero attached hydrogens (tertiary/aromatic N) is 4. The fourth-order valence-electron chi connectivity index (χ4n) is 4.60. The lowest BCUT2D eigenvalue weighted by atomic mass is 9.84. The van der Waals surface area contributed by atoms with Gasteiger partial charge in [-0.15, -0.1) is 0 Å². The number of hydrogen-bond acceptors (Lipinski definition) is 6. The third-order valence-corrected chi connectivity index (χ3v) is 7.31. The first kappa shape index (κ1) is 19.4. The molecule has 0 radical (unpaired) electrons. The summed E-state index contributed by atoms with van der Waals surface area (Å²) in [6, 6.07) is 1.79. The predicted molar refractivity (Wildman–Crippen MR) is 109 cm³/mol. The largest absolute Gasteiger partial charge is 0.389 e. The van der Waals surface area contributed by atoms with Gasteiger partial charge in [-0.25, -0.2) is 4.68 Å². The van der Waals surface area contributed by atoms with E-state index in [2.05, 4.69) is 14.9 Å². The lowest BCUT2D eigenvalue weighted by Crippen LogP contribution is -2.53. The van der Waals surface area contributed by atoms with E-state index in [1.807, 2.05) is 11.8 Å². The summed E-state index contributed by atoms with van der Waals surface area (Å²) >= 11 is 1.88. The van der Waals surface area contributed by atoms with Crippen molar-refractivity contribution in [2.45, 2.75) is 56.4 Å². The molecule has 0 aromatic carbocycles. The van der Waals surface area contributed by atoms with Crippen LogP contribution in [0.3, 0.4) is 0 Å². The van der Waals surface area contributed by atoms with Crippen LogP contribution in [0.25, 0.3) is 0 Å². The molecule has 1 saturated heterocycles. The zero-order valence-corrected chi connectivity index (χ0v) is 17.1. The molecule has 6 nitrogen and oxygen atoms in total. The van der Waals surface area contributed by atoms with Crippen LogP contribution in [0.5, 0.6) is 0 Å². The van der Waals surface area contributed by atoms with Crippen molar-refractivity contribution in [3.63, 3.8) is 0 Å². The van der Waals surface area contributed by atoms with Crippen molar-refractivity contribution in [2.24, 2.45) is 0 Å². The second-order valence-corrected chi connectivity index (χ2v) is 9.49. The molecule has 0 bridgehead atoms. The van der Waals surface area contributed by atoms with Gasteiger partial charge in [0, 0.05) is 57.5 Å². The molecular formula is C20H32N4O2S. The summed E-state index contributed by atoms with van der Waals surface area (Å²) in [6.45, 7) is 6.39. The molecule has 1 saturated carbocycles. The van der Waals surface area contributed by atoms with Crippen LogP contribution < -0.4 is 5.56 Å². The molecule has 0 amide bonds. The Morgan fingerprint density at radius 3 is 2.59 bits per heavy atom. The third kappa shape index (κ3) is 4.94. The molecule has 2 aliphatic heterocycles. The zero-order valence-electron chi connectivity index (χ0n) is 16.2. The van der Waals surface area contributed by atoms with Gasteiger partial charge in [0.2, 0.25) is 0 Å². The average Bonchev–Trinajstić information content (AvgIpc) is 2.68. The van der Waals surface area contributed by atoms with E-state index in [1.165, 1.54) is 6.42 Å². The number of piperazine rings is 1. The lowest BCUT2D eigenvalue weighted by Gasteiger charge is -2.41. The van der Waals surface area contributed by atoms with Gasteiger partial charge in [0.25, 0.3) is 5.56 Å². The Labute approximate surface area is 165 Å². The number of fused-ring (bicyclic) bond motifs is 1. The smallest absolute Gasteiger partial charge is 0.267 e. The lowest BCUT2D eigenvalue weighted by molar-refractivity contribution is -0.0356. The Hall–Kier alpha value is -0.890. The number of rotatable bonds is 5. The summed E-state index contributed by atoms with van der Waals surface area (Å²) in [5, 5.41) is 15.4. The van der Waals surface area contributed by atoms with Crippen LogP contribution in [0.2, 0.25) is 0 Å². The minimum Gasteiger partial charge on any atom is -0.389 e. The first-order valence-electron chi connectivity index (χ1n) is 10.5. The molecule has 3 heterocycles. The zero-order chi connectivity index (χ0) is 18.7. The molecule has 4 rings (SSSR count). The number of hydrogen-bond donors (Lipinski definition) is 1. The Bertz CT molecular complexity index is 694. The Morgan fingerprint density at radius 1 is 1.07 bits per heavy atom. The van der Waals surface area contributed by atoms with E-state index in [9.17, 15) is 9.90 Å². The molecule has 0 atom stereocenters. The van der Waals surface area contributed by atoms with Crippen LogP contribution in [0.1, 0.15) is 43.4 Å². The molecule has 150 valence electrons. The van der Waals surface area contributed by atoms with Gasteiger partial charge < -0.3 is 5.11 Å². The molecule has 27 heavy (non-hydrogen) atoms. The quantitative estimate of drug-likeness (QED) is 0.816. The molecule has 1 N–H and O–H groups in total. The van der Waals surface area contributed by atoms with Crippen LogP contribution in [-0.2, 0) is 18.7 Å². The summed E-state index contributed by atoms with van der Waals surface area (Å²) in [7, 11) is 0. The average molecular weight is 393 g/mol. The summed E-state index contributed by atoms with van der Waals surface area (Å²) in [5.74, 6) is 2.03. The molecule has 7 heteroatoms. The van der Waals surface area contributed by atoms with Crippen LogP contribution in [0, 0.1) is 0 Å². The van der Waals surface area contributed by atoms with E-state index in [-0.39, 0.29) is 5.56 Å². The van der Waals surface area contributed by atoms with Crippen molar-refractivity contribution in [1.82, 2.24) is 19.6 Å². The first-order chi connectivity index (χ1) is 13.1. The fourth-order valence-corrected chi connectivity index (χ4v) is 5.56. The van der Waals surface area contributed by atoms with E-state index in [1.54, 1.807) is 10.7 Å². The standard InChI is InChI=1S/C20H32N4O2S/c25-19-14-17-15-27-13-4-18(17)21-24(19)12-11-22-7-9-23(10-8-22)16-20(26)5-2-1-3-6-20/h14,26H,1-13,15-16H2. The Morgan fingerprint density at radius 2 is 1.81 bits per heavy atom. The highest BCUT2D eigenvalue weighted by Gasteiger charge is 2.32. The van der Waals surface area contributed by atoms with Crippen LogP contribution in [-0.4, -0.2) is 75.3 Å². The van der Waals surface area contributed by atoms with Crippen LogP contribution in [0.4, 0.5) is 0 Å². The second-order valence-electron chi connectivity index (χ2n) is 8.38. The van der Waals surface area contributed by atoms with Crippen LogP contribution >= 0.6 is 11.8 Å². The minimum atomic E-state index is -0.459. The maximum absolute atomic E-state index is 12.3. The highest BCUT2D eigenvalue weighted by Crippen LogP contribution is 2.29. The maximum Gasteiger partial charge on any atom is 0.267 e. The molecule has 0 spiro atoms. The second kappa shape index (κ2) is 8.64. The van der Waals surface area contributed by atoms with Crippen molar-refractivity contribution in [2.75, 3.05) is 45.0 Å². The SMILES string of the molecule is O=c1cc2c(nn1CCN1CCN(CC3(O)CCCCC3)CC1)CCSC2.